The topological polar surface area (TPSA) is 43.8 Å². The number of nitrogen functional groups attached to an aromatic ring is 1. The molecule has 1 aromatic heterocycles. The van der Waals surface area contributed by atoms with Gasteiger partial charge in [0.15, 0.2) is 0 Å². The Morgan fingerprint density at radius 1 is 0.947 bits per heavy atom. The van der Waals surface area contributed by atoms with E-state index in [4.69, 9.17) is 5.73 Å². The molecule has 0 fully saturated rings. The van der Waals surface area contributed by atoms with Crippen molar-refractivity contribution in [3.05, 3.63) is 65.1 Å². The van der Waals surface area contributed by atoms with Crippen molar-refractivity contribution in [1.82, 2.24) is 9.78 Å². The zero-order valence-corrected chi connectivity index (χ0v) is 11.7. The van der Waals surface area contributed by atoms with Crippen LogP contribution in [0.5, 0.6) is 0 Å². The van der Waals surface area contributed by atoms with Crippen LogP contribution in [-0.2, 0) is 0 Å². The van der Waals surface area contributed by atoms with Crippen LogP contribution >= 0.6 is 15.9 Å². The van der Waals surface area contributed by atoms with E-state index in [1.165, 1.54) is 0 Å². The maximum atomic E-state index is 6.03. The zero-order valence-electron chi connectivity index (χ0n) is 10.1. The molecule has 0 amide bonds. The molecular weight excluding hydrogens is 302 g/mol. The first-order valence-electron chi connectivity index (χ1n) is 5.91. The molecule has 0 aliphatic rings. The van der Waals surface area contributed by atoms with E-state index in [1.54, 1.807) is 4.68 Å². The van der Waals surface area contributed by atoms with Gasteiger partial charge < -0.3 is 5.73 Å². The third-order valence-electron chi connectivity index (χ3n) is 2.88. The molecule has 4 heteroatoms. The van der Waals surface area contributed by atoms with Crippen LogP contribution in [0.1, 0.15) is 0 Å². The van der Waals surface area contributed by atoms with E-state index in [0.29, 0.717) is 5.82 Å². The number of benzene rings is 2. The lowest BCUT2D eigenvalue weighted by molar-refractivity contribution is 0.895. The number of aromatic nitrogens is 2. The minimum absolute atomic E-state index is 0.629. The van der Waals surface area contributed by atoms with Gasteiger partial charge >= 0.3 is 0 Å². The minimum atomic E-state index is 0.629. The van der Waals surface area contributed by atoms with Crippen LogP contribution in [0.15, 0.2) is 65.1 Å². The summed E-state index contributed by atoms with van der Waals surface area (Å²) in [5, 5.41) is 4.56. The van der Waals surface area contributed by atoms with Crippen molar-refractivity contribution in [2.75, 3.05) is 5.73 Å². The molecule has 3 nitrogen and oxygen atoms in total. The number of nitrogens with two attached hydrogens (primary N) is 1. The first-order chi connectivity index (χ1) is 9.24. The summed E-state index contributed by atoms with van der Waals surface area (Å²) in [6, 6.07) is 19.8. The highest BCUT2D eigenvalue weighted by Crippen LogP contribution is 2.24. The Balaban J connectivity index is 2.04. The summed E-state index contributed by atoms with van der Waals surface area (Å²) in [4.78, 5) is 0. The molecule has 1 heterocycles. The largest absolute Gasteiger partial charge is 0.384 e. The third-order valence-corrected chi connectivity index (χ3v) is 3.41. The molecule has 19 heavy (non-hydrogen) atoms. The fourth-order valence-corrected chi connectivity index (χ4v) is 2.20. The molecule has 0 radical (unpaired) electrons. The second kappa shape index (κ2) is 4.90. The van der Waals surface area contributed by atoms with Gasteiger partial charge in [-0.05, 0) is 24.3 Å². The summed E-state index contributed by atoms with van der Waals surface area (Å²) in [6.45, 7) is 0. The van der Waals surface area contributed by atoms with Crippen molar-refractivity contribution in [1.29, 1.82) is 0 Å². The van der Waals surface area contributed by atoms with E-state index in [1.807, 2.05) is 60.7 Å². The van der Waals surface area contributed by atoms with Crippen molar-refractivity contribution in [2.45, 2.75) is 0 Å². The second-order valence-electron chi connectivity index (χ2n) is 4.21. The molecule has 3 rings (SSSR count). The Kier molecular flexibility index (Phi) is 3.09. The summed E-state index contributed by atoms with van der Waals surface area (Å²) in [7, 11) is 0. The van der Waals surface area contributed by atoms with Crippen LogP contribution in [0.2, 0.25) is 0 Å². The molecule has 2 N–H and O–H groups in total. The summed E-state index contributed by atoms with van der Waals surface area (Å²) < 4.78 is 2.80. The van der Waals surface area contributed by atoms with E-state index >= 15 is 0 Å². The van der Waals surface area contributed by atoms with E-state index in [9.17, 15) is 0 Å². The SMILES string of the molecule is Nc1cc(-c2ccc(Br)cc2)nn1-c1ccccc1. The molecule has 0 saturated heterocycles. The van der Waals surface area contributed by atoms with E-state index in [0.717, 1.165) is 21.4 Å². The van der Waals surface area contributed by atoms with Gasteiger partial charge in [-0.15, -0.1) is 0 Å². The van der Waals surface area contributed by atoms with Gasteiger partial charge in [0, 0.05) is 16.1 Å². The standard InChI is InChI=1S/C15H12BrN3/c16-12-8-6-11(7-9-12)14-10-15(17)19(18-14)13-4-2-1-3-5-13/h1-10H,17H2. The first-order valence-corrected chi connectivity index (χ1v) is 6.70. The average molecular weight is 314 g/mol. The Hall–Kier alpha value is -2.07. The van der Waals surface area contributed by atoms with Gasteiger partial charge in [-0.25, -0.2) is 4.68 Å². The van der Waals surface area contributed by atoms with Crippen LogP contribution in [0.3, 0.4) is 0 Å². The van der Waals surface area contributed by atoms with Gasteiger partial charge in [-0.1, -0.05) is 46.3 Å². The van der Waals surface area contributed by atoms with E-state index in [2.05, 4.69) is 21.0 Å². The van der Waals surface area contributed by atoms with Crippen LogP contribution in [0.25, 0.3) is 16.9 Å². The maximum Gasteiger partial charge on any atom is 0.127 e. The Morgan fingerprint density at radius 3 is 2.32 bits per heavy atom. The average Bonchev–Trinajstić information content (AvgIpc) is 2.83. The molecule has 0 atom stereocenters. The van der Waals surface area contributed by atoms with Gasteiger partial charge in [-0.3, -0.25) is 0 Å². The molecular formula is C15H12BrN3. The Morgan fingerprint density at radius 2 is 1.63 bits per heavy atom. The molecule has 0 aliphatic carbocycles. The molecule has 0 unspecified atom stereocenters. The van der Waals surface area contributed by atoms with Crippen LogP contribution in [0, 0.1) is 0 Å². The summed E-state index contributed by atoms with van der Waals surface area (Å²) in [6.07, 6.45) is 0. The zero-order chi connectivity index (χ0) is 13.2. The summed E-state index contributed by atoms with van der Waals surface area (Å²) >= 11 is 3.42. The van der Waals surface area contributed by atoms with Crippen molar-refractivity contribution in [3.63, 3.8) is 0 Å². The molecule has 0 bridgehead atoms. The van der Waals surface area contributed by atoms with E-state index < -0.39 is 0 Å². The number of para-hydroxylation sites is 1. The van der Waals surface area contributed by atoms with Gasteiger partial charge in [0.25, 0.3) is 0 Å². The fraction of sp³-hybridized carbons (Fsp3) is 0. The number of hydrogen-bond acceptors (Lipinski definition) is 2. The number of hydrogen-bond donors (Lipinski definition) is 1. The van der Waals surface area contributed by atoms with Gasteiger partial charge in [0.1, 0.15) is 5.82 Å². The highest BCUT2D eigenvalue weighted by Gasteiger charge is 2.08. The Labute approximate surface area is 119 Å². The van der Waals surface area contributed by atoms with Crippen molar-refractivity contribution in [2.24, 2.45) is 0 Å². The summed E-state index contributed by atoms with van der Waals surface area (Å²) in [5.74, 6) is 0.629. The highest BCUT2D eigenvalue weighted by molar-refractivity contribution is 9.10. The quantitative estimate of drug-likeness (QED) is 0.780. The van der Waals surface area contributed by atoms with Gasteiger partial charge in [0.2, 0.25) is 0 Å². The molecule has 0 saturated carbocycles. The van der Waals surface area contributed by atoms with Crippen molar-refractivity contribution >= 4 is 21.7 Å². The molecule has 3 aromatic rings. The smallest absolute Gasteiger partial charge is 0.127 e. The number of rotatable bonds is 2. The van der Waals surface area contributed by atoms with Crippen molar-refractivity contribution in [3.8, 4) is 16.9 Å². The highest BCUT2D eigenvalue weighted by atomic mass is 79.9. The molecule has 0 spiro atoms. The van der Waals surface area contributed by atoms with Crippen molar-refractivity contribution < 1.29 is 0 Å². The monoisotopic (exact) mass is 313 g/mol. The summed E-state index contributed by atoms with van der Waals surface area (Å²) in [5.41, 5.74) is 8.91. The van der Waals surface area contributed by atoms with Crippen LogP contribution < -0.4 is 5.73 Å². The first kappa shape index (κ1) is 12.0. The van der Waals surface area contributed by atoms with Gasteiger partial charge in [-0.2, -0.15) is 5.10 Å². The predicted molar refractivity (Wildman–Crippen MR) is 81.1 cm³/mol. The normalized spacial score (nSPS) is 10.6. The molecule has 94 valence electrons. The fourth-order valence-electron chi connectivity index (χ4n) is 1.93. The molecule has 0 aliphatic heterocycles. The lowest BCUT2D eigenvalue weighted by atomic mass is 10.2. The van der Waals surface area contributed by atoms with Crippen LogP contribution in [-0.4, -0.2) is 9.78 Å². The minimum Gasteiger partial charge on any atom is -0.384 e. The van der Waals surface area contributed by atoms with E-state index in [-0.39, 0.29) is 0 Å². The molecule has 2 aromatic carbocycles. The van der Waals surface area contributed by atoms with Crippen LogP contribution in [0.4, 0.5) is 5.82 Å². The maximum absolute atomic E-state index is 6.03. The number of anilines is 1. The Bertz CT molecular complexity index is 687. The number of nitrogens with zero attached hydrogens (tertiary/aromatic N) is 2. The predicted octanol–water partition coefficient (Wildman–Crippen LogP) is 3.88. The lowest BCUT2D eigenvalue weighted by Gasteiger charge is -2.02. The lowest BCUT2D eigenvalue weighted by Crippen LogP contribution is -2.00. The number of halogens is 1. The second-order valence-corrected chi connectivity index (χ2v) is 5.12. The third kappa shape index (κ3) is 2.39. The van der Waals surface area contributed by atoms with Gasteiger partial charge in [0.05, 0.1) is 11.4 Å².